The number of aromatic nitrogens is 2. The highest BCUT2D eigenvalue weighted by Gasteiger charge is 2.16. The van der Waals surface area contributed by atoms with Crippen LogP contribution in [0.4, 0.5) is 0 Å². The third-order valence-electron chi connectivity index (χ3n) is 2.93. The lowest BCUT2D eigenvalue weighted by molar-refractivity contribution is 0.0790. The van der Waals surface area contributed by atoms with Crippen LogP contribution in [0.5, 0.6) is 0 Å². The Morgan fingerprint density at radius 1 is 1.57 bits per heavy atom. The number of amides is 1. The summed E-state index contributed by atoms with van der Waals surface area (Å²) in [6.45, 7) is 2.25. The smallest absolute Gasteiger partial charge is 0.264 e. The molecule has 0 aliphatic heterocycles. The minimum absolute atomic E-state index is 0.0380. The van der Waals surface area contributed by atoms with Gasteiger partial charge in [-0.15, -0.1) is 11.3 Å². The summed E-state index contributed by atoms with van der Waals surface area (Å²) >= 11 is 1.35. The highest BCUT2D eigenvalue weighted by molar-refractivity contribution is 7.14. The van der Waals surface area contributed by atoms with E-state index in [1.807, 2.05) is 26.2 Å². The SMILES string of the molecule is Cc1cc(C(=O)N(C)Cc2cnn(C)c2)sc1C#CCO. The normalized spacial score (nSPS) is 10.1. The predicted octanol–water partition coefficient (Wildman–Crippen LogP) is 1.41. The van der Waals surface area contributed by atoms with E-state index >= 15 is 0 Å². The molecule has 0 aromatic carbocycles. The van der Waals surface area contributed by atoms with Gasteiger partial charge in [0.15, 0.2) is 0 Å². The number of thiophene rings is 1. The van der Waals surface area contributed by atoms with Crippen molar-refractivity contribution in [2.75, 3.05) is 13.7 Å². The van der Waals surface area contributed by atoms with Crippen LogP contribution in [0.3, 0.4) is 0 Å². The molecule has 1 N–H and O–H groups in total. The van der Waals surface area contributed by atoms with Crippen molar-refractivity contribution >= 4 is 17.2 Å². The fourth-order valence-corrected chi connectivity index (χ4v) is 2.96. The van der Waals surface area contributed by atoms with Crippen LogP contribution in [0.1, 0.15) is 25.7 Å². The molecule has 0 fully saturated rings. The number of hydrogen-bond acceptors (Lipinski definition) is 4. The summed E-state index contributed by atoms with van der Waals surface area (Å²) in [5.74, 6) is 5.44. The molecule has 0 unspecified atom stereocenters. The van der Waals surface area contributed by atoms with Crippen molar-refractivity contribution in [3.05, 3.63) is 39.3 Å². The Kier molecular flexibility index (Phi) is 4.78. The summed E-state index contributed by atoms with van der Waals surface area (Å²) in [4.78, 5) is 15.5. The zero-order valence-corrected chi connectivity index (χ0v) is 13.1. The van der Waals surface area contributed by atoms with Crippen LogP contribution < -0.4 is 0 Å². The maximum absolute atomic E-state index is 12.4. The van der Waals surface area contributed by atoms with Crippen molar-refractivity contribution in [2.45, 2.75) is 13.5 Å². The Morgan fingerprint density at radius 2 is 2.33 bits per heavy atom. The van der Waals surface area contributed by atoms with E-state index in [0.29, 0.717) is 11.4 Å². The second-order valence-corrected chi connectivity index (χ2v) is 5.82. The van der Waals surface area contributed by atoms with E-state index in [1.165, 1.54) is 11.3 Å². The Hall–Kier alpha value is -2.10. The number of carbonyl (C=O) groups excluding carboxylic acids is 1. The van der Waals surface area contributed by atoms with E-state index in [-0.39, 0.29) is 12.5 Å². The molecule has 0 aliphatic rings. The average molecular weight is 303 g/mol. The fourth-order valence-electron chi connectivity index (χ4n) is 1.92. The van der Waals surface area contributed by atoms with Crippen molar-refractivity contribution in [1.82, 2.24) is 14.7 Å². The topological polar surface area (TPSA) is 58.4 Å². The second-order valence-electron chi connectivity index (χ2n) is 4.77. The van der Waals surface area contributed by atoms with Gasteiger partial charge in [-0.2, -0.15) is 5.10 Å². The number of carbonyl (C=O) groups is 1. The Labute approximate surface area is 127 Å². The second kappa shape index (κ2) is 6.57. The summed E-state index contributed by atoms with van der Waals surface area (Å²) < 4.78 is 1.71. The number of hydrogen-bond donors (Lipinski definition) is 1. The average Bonchev–Trinajstić information content (AvgIpc) is 3.02. The van der Waals surface area contributed by atoms with Gasteiger partial charge in [-0.1, -0.05) is 11.8 Å². The van der Waals surface area contributed by atoms with E-state index in [9.17, 15) is 4.79 Å². The Bertz CT molecular complexity index is 706. The van der Waals surface area contributed by atoms with Crippen LogP contribution in [0.2, 0.25) is 0 Å². The molecule has 0 saturated heterocycles. The fraction of sp³-hybridized carbons (Fsp3) is 0.333. The van der Waals surface area contributed by atoms with E-state index in [0.717, 1.165) is 16.0 Å². The van der Waals surface area contributed by atoms with Gasteiger partial charge in [0.25, 0.3) is 5.91 Å². The van der Waals surface area contributed by atoms with E-state index < -0.39 is 0 Å². The lowest BCUT2D eigenvalue weighted by Gasteiger charge is -2.14. The molecule has 110 valence electrons. The predicted molar refractivity (Wildman–Crippen MR) is 82.0 cm³/mol. The summed E-state index contributed by atoms with van der Waals surface area (Å²) in [5.41, 5.74) is 1.95. The standard InChI is InChI=1S/C15H17N3O2S/c1-11-7-14(21-13(11)5-4-6-19)15(20)17(2)9-12-8-16-18(3)10-12/h7-8,10,19H,6,9H2,1-3H3. The van der Waals surface area contributed by atoms with Crippen molar-refractivity contribution in [1.29, 1.82) is 0 Å². The third kappa shape index (κ3) is 3.72. The molecule has 0 aliphatic carbocycles. The van der Waals surface area contributed by atoms with Crippen molar-refractivity contribution in [3.8, 4) is 11.8 Å². The van der Waals surface area contributed by atoms with Crippen LogP contribution >= 0.6 is 11.3 Å². The quantitative estimate of drug-likeness (QED) is 0.872. The zero-order chi connectivity index (χ0) is 15.4. The molecule has 6 heteroatoms. The number of aliphatic hydroxyl groups excluding tert-OH is 1. The van der Waals surface area contributed by atoms with Crippen LogP contribution in [0, 0.1) is 18.8 Å². The van der Waals surface area contributed by atoms with Crippen LogP contribution in [-0.4, -0.2) is 39.3 Å². The molecule has 1 amide bonds. The van der Waals surface area contributed by atoms with Gasteiger partial charge in [0, 0.05) is 32.4 Å². The summed E-state index contributed by atoms with van der Waals surface area (Å²) in [6, 6.07) is 1.84. The first-order valence-corrected chi connectivity index (χ1v) is 7.26. The first-order chi connectivity index (χ1) is 10.0. The summed E-state index contributed by atoms with van der Waals surface area (Å²) in [7, 11) is 3.61. The zero-order valence-electron chi connectivity index (χ0n) is 12.3. The maximum atomic E-state index is 12.4. The number of rotatable bonds is 3. The highest BCUT2D eigenvalue weighted by Crippen LogP contribution is 2.22. The van der Waals surface area contributed by atoms with E-state index in [1.54, 1.807) is 22.8 Å². The van der Waals surface area contributed by atoms with Crippen LogP contribution in [0.25, 0.3) is 0 Å². The first kappa shape index (κ1) is 15.3. The molecule has 2 heterocycles. The largest absolute Gasteiger partial charge is 0.384 e. The van der Waals surface area contributed by atoms with Crippen LogP contribution in [0.15, 0.2) is 18.5 Å². The number of aryl methyl sites for hydroxylation is 2. The minimum Gasteiger partial charge on any atom is -0.384 e. The Balaban J connectivity index is 2.12. The molecule has 0 atom stereocenters. The van der Waals surface area contributed by atoms with Crippen molar-refractivity contribution in [2.24, 2.45) is 7.05 Å². The van der Waals surface area contributed by atoms with Gasteiger partial charge in [0.2, 0.25) is 0 Å². The van der Waals surface area contributed by atoms with Gasteiger partial charge in [0.05, 0.1) is 16.0 Å². The van der Waals surface area contributed by atoms with Crippen molar-refractivity contribution < 1.29 is 9.90 Å². The van der Waals surface area contributed by atoms with Gasteiger partial charge in [-0.05, 0) is 18.6 Å². The molecule has 2 aromatic heterocycles. The third-order valence-corrected chi connectivity index (χ3v) is 4.07. The number of aliphatic hydroxyl groups is 1. The molecular weight excluding hydrogens is 286 g/mol. The number of nitrogens with zero attached hydrogens (tertiary/aromatic N) is 3. The molecule has 0 saturated carbocycles. The molecule has 21 heavy (non-hydrogen) atoms. The maximum Gasteiger partial charge on any atom is 0.264 e. The molecule has 2 rings (SSSR count). The molecule has 2 aromatic rings. The van der Waals surface area contributed by atoms with Gasteiger partial charge >= 0.3 is 0 Å². The van der Waals surface area contributed by atoms with Gasteiger partial charge in [0.1, 0.15) is 6.61 Å². The highest BCUT2D eigenvalue weighted by atomic mass is 32.1. The molecule has 5 nitrogen and oxygen atoms in total. The monoisotopic (exact) mass is 303 g/mol. The lowest BCUT2D eigenvalue weighted by Crippen LogP contribution is -2.25. The summed E-state index contributed by atoms with van der Waals surface area (Å²) in [6.07, 6.45) is 3.64. The molecular formula is C15H17N3O2S. The lowest BCUT2D eigenvalue weighted by atomic mass is 10.2. The van der Waals surface area contributed by atoms with Crippen molar-refractivity contribution in [3.63, 3.8) is 0 Å². The van der Waals surface area contributed by atoms with Crippen LogP contribution in [-0.2, 0) is 13.6 Å². The molecule has 0 spiro atoms. The summed E-state index contributed by atoms with van der Waals surface area (Å²) in [5, 5.41) is 12.8. The molecule has 0 bridgehead atoms. The van der Waals surface area contributed by atoms with E-state index in [2.05, 4.69) is 16.9 Å². The van der Waals surface area contributed by atoms with Gasteiger partial charge in [-0.3, -0.25) is 9.48 Å². The van der Waals surface area contributed by atoms with E-state index in [4.69, 9.17) is 5.11 Å². The molecule has 0 radical (unpaired) electrons. The minimum atomic E-state index is -0.179. The first-order valence-electron chi connectivity index (χ1n) is 6.44. The van der Waals surface area contributed by atoms with Gasteiger partial charge < -0.3 is 10.0 Å². The van der Waals surface area contributed by atoms with Gasteiger partial charge in [-0.25, -0.2) is 0 Å². The Morgan fingerprint density at radius 3 is 2.95 bits per heavy atom.